The van der Waals surface area contributed by atoms with Crippen LogP contribution in [0.5, 0.6) is 0 Å². The fourth-order valence-electron chi connectivity index (χ4n) is 2.29. The van der Waals surface area contributed by atoms with Crippen LogP contribution in [0.4, 0.5) is 0 Å². The molecule has 1 atom stereocenters. The normalized spacial score (nSPS) is 25.2. The second kappa shape index (κ2) is 4.50. The smallest absolute Gasteiger partial charge is 0.0279 e. The van der Waals surface area contributed by atoms with Gasteiger partial charge in [-0.2, -0.15) is 0 Å². The van der Waals surface area contributed by atoms with Crippen LogP contribution >= 0.6 is 11.6 Å². The average Bonchev–Trinajstić information content (AvgIpc) is 2.18. The fraction of sp³-hybridized carbons (Fsp3) is 1.00. The second-order valence-electron chi connectivity index (χ2n) is 4.48. The van der Waals surface area contributed by atoms with Crippen molar-refractivity contribution in [1.29, 1.82) is 0 Å². The average molecular weight is 189 g/mol. The summed E-state index contributed by atoms with van der Waals surface area (Å²) < 4.78 is 0. The van der Waals surface area contributed by atoms with Crippen LogP contribution in [0.15, 0.2) is 0 Å². The molecule has 1 unspecified atom stereocenters. The molecule has 0 aromatic heterocycles. The summed E-state index contributed by atoms with van der Waals surface area (Å²) in [6, 6.07) is 0. The lowest BCUT2D eigenvalue weighted by molar-refractivity contribution is 0.156. The first kappa shape index (κ1) is 10.4. The van der Waals surface area contributed by atoms with E-state index in [-0.39, 0.29) is 0 Å². The van der Waals surface area contributed by atoms with E-state index >= 15 is 0 Å². The predicted octanol–water partition coefficient (Wildman–Crippen LogP) is 4.22. The van der Waals surface area contributed by atoms with Gasteiger partial charge in [0.25, 0.3) is 0 Å². The molecule has 1 rings (SSSR count). The summed E-state index contributed by atoms with van der Waals surface area (Å²) in [5, 5.41) is 0. The molecular formula is C11H21Cl. The Morgan fingerprint density at radius 3 is 2.25 bits per heavy atom. The minimum atomic E-state index is 0.419. The maximum Gasteiger partial charge on any atom is 0.0279 e. The van der Waals surface area contributed by atoms with Gasteiger partial charge in [0.05, 0.1) is 0 Å². The minimum Gasteiger partial charge on any atom is -0.126 e. The van der Waals surface area contributed by atoms with Crippen molar-refractivity contribution in [3.05, 3.63) is 0 Å². The van der Waals surface area contributed by atoms with Crippen LogP contribution in [-0.2, 0) is 0 Å². The summed E-state index contributed by atoms with van der Waals surface area (Å²) in [5.74, 6) is 1.74. The molecule has 0 saturated heterocycles. The third kappa shape index (κ3) is 2.16. The van der Waals surface area contributed by atoms with Gasteiger partial charge in [-0.15, -0.1) is 11.6 Å². The Morgan fingerprint density at radius 2 is 1.83 bits per heavy atom. The van der Waals surface area contributed by atoms with Crippen LogP contribution < -0.4 is 0 Å². The molecule has 0 N–H and O–H groups in total. The van der Waals surface area contributed by atoms with E-state index in [0.717, 1.165) is 11.8 Å². The van der Waals surface area contributed by atoms with Crippen molar-refractivity contribution < 1.29 is 0 Å². The fourth-order valence-corrected chi connectivity index (χ4v) is 2.70. The van der Waals surface area contributed by atoms with Crippen molar-refractivity contribution in [2.45, 2.75) is 52.4 Å². The summed E-state index contributed by atoms with van der Waals surface area (Å²) in [6.45, 7) is 4.63. The van der Waals surface area contributed by atoms with Crippen LogP contribution in [0.1, 0.15) is 52.4 Å². The summed E-state index contributed by atoms with van der Waals surface area (Å²) >= 11 is 6.04. The summed E-state index contributed by atoms with van der Waals surface area (Å²) in [7, 11) is 0. The first-order valence-electron chi connectivity index (χ1n) is 5.29. The van der Waals surface area contributed by atoms with E-state index in [4.69, 9.17) is 11.6 Å². The van der Waals surface area contributed by atoms with Gasteiger partial charge < -0.3 is 0 Å². The zero-order valence-electron chi connectivity index (χ0n) is 8.41. The van der Waals surface area contributed by atoms with E-state index in [2.05, 4.69) is 13.8 Å². The molecule has 1 aliphatic rings. The highest BCUT2D eigenvalue weighted by Gasteiger charge is 2.32. The van der Waals surface area contributed by atoms with E-state index in [1.807, 2.05) is 0 Å². The third-order valence-electron chi connectivity index (χ3n) is 3.70. The maximum atomic E-state index is 6.04. The predicted molar refractivity (Wildman–Crippen MR) is 55.7 cm³/mol. The molecule has 0 radical (unpaired) electrons. The van der Waals surface area contributed by atoms with Gasteiger partial charge in [-0.1, -0.05) is 33.1 Å². The zero-order chi connectivity index (χ0) is 9.03. The Hall–Kier alpha value is 0.290. The highest BCUT2D eigenvalue weighted by molar-refractivity contribution is 6.18. The second-order valence-corrected chi connectivity index (χ2v) is 4.74. The molecule has 0 heterocycles. The van der Waals surface area contributed by atoms with Crippen LogP contribution in [0, 0.1) is 11.3 Å². The summed E-state index contributed by atoms with van der Waals surface area (Å²) in [5.41, 5.74) is 0.419. The minimum absolute atomic E-state index is 0.419. The van der Waals surface area contributed by atoms with E-state index < -0.39 is 0 Å². The number of halogens is 1. The number of hydrogen-bond acceptors (Lipinski definition) is 0. The highest BCUT2D eigenvalue weighted by Crippen LogP contribution is 2.41. The van der Waals surface area contributed by atoms with Crippen LogP contribution in [-0.4, -0.2) is 5.88 Å². The van der Waals surface area contributed by atoms with Crippen molar-refractivity contribution in [1.82, 2.24) is 0 Å². The molecule has 72 valence electrons. The number of hydrogen-bond donors (Lipinski definition) is 0. The van der Waals surface area contributed by atoms with Gasteiger partial charge in [-0.25, -0.2) is 0 Å². The van der Waals surface area contributed by atoms with Crippen LogP contribution in [0.25, 0.3) is 0 Å². The highest BCUT2D eigenvalue weighted by atomic mass is 35.5. The lowest BCUT2D eigenvalue weighted by Crippen LogP contribution is -2.30. The standard InChI is InChI=1S/C11H21Cl/c1-3-11(2,9-12)10-7-5-4-6-8-10/h10H,3-9H2,1-2H3. The van der Waals surface area contributed by atoms with E-state index in [1.54, 1.807) is 0 Å². The van der Waals surface area contributed by atoms with Gasteiger partial charge in [0.15, 0.2) is 0 Å². The van der Waals surface area contributed by atoms with E-state index in [9.17, 15) is 0 Å². The monoisotopic (exact) mass is 188 g/mol. The number of alkyl halides is 1. The molecule has 1 heteroatoms. The van der Waals surface area contributed by atoms with Crippen molar-refractivity contribution in [3.8, 4) is 0 Å². The molecule has 0 spiro atoms. The molecule has 0 aromatic rings. The van der Waals surface area contributed by atoms with Crippen molar-refractivity contribution in [2.24, 2.45) is 11.3 Å². The molecule has 0 nitrogen and oxygen atoms in total. The van der Waals surface area contributed by atoms with Crippen LogP contribution in [0.2, 0.25) is 0 Å². The Morgan fingerprint density at radius 1 is 1.25 bits per heavy atom. The van der Waals surface area contributed by atoms with E-state index in [0.29, 0.717) is 5.41 Å². The Labute approximate surface area is 81.7 Å². The molecule has 0 aliphatic heterocycles. The SMILES string of the molecule is CCC(C)(CCl)C1CCCCC1. The molecule has 0 aromatic carbocycles. The van der Waals surface area contributed by atoms with Crippen molar-refractivity contribution in [2.75, 3.05) is 5.88 Å². The summed E-state index contributed by atoms with van der Waals surface area (Å²) in [4.78, 5) is 0. The Kier molecular flexibility index (Phi) is 3.89. The molecular weight excluding hydrogens is 168 g/mol. The first-order chi connectivity index (χ1) is 5.73. The van der Waals surface area contributed by atoms with Gasteiger partial charge in [-0.05, 0) is 30.6 Å². The number of rotatable bonds is 3. The lowest BCUT2D eigenvalue weighted by atomic mass is 9.69. The Balaban J connectivity index is 2.51. The third-order valence-corrected chi connectivity index (χ3v) is 4.31. The Bertz CT molecular complexity index is 121. The van der Waals surface area contributed by atoms with Crippen molar-refractivity contribution in [3.63, 3.8) is 0 Å². The first-order valence-corrected chi connectivity index (χ1v) is 5.82. The quantitative estimate of drug-likeness (QED) is 0.582. The molecule has 0 amide bonds. The van der Waals surface area contributed by atoms with Crippen molar-refractivity contribution >= 4 is 11.6 Å². The molecule has 0 bridgehead atoms. The summed E-state index contributed by atoms with van der Waals surface area (Å²) in [6.07, 6.45) is 8.36. The van der Waals surface area contributed by atoms with Gasteiger partial charge in [0, 0.05) is 5.88 Å². The van der Waals surface area contributed by atoms with E-state index in [1.165, 1.54) is 38.5 Å². The molecule has 1 fully saturated rings. The van der Waals surface area contributed by atoms with Gasteiger partial charge in [0.1, 0.15) is 0 Å². The van der Waals surface area contributed by atoms with Gasteiger partial charge in [0.2, 0.25) is 0 Å². The molecule has 1 aliphatic carbocycles. The topological polar surface area (TPSA) is 0 Å². The lowest BCUT2D eigenvalue weighted by Gasteiger charge is -2.37. The molecule has 1 saturated carbocycles. The molecule has 12 heavy (non-hydrogen) atoms. The maximum absolute atomic E-state index is 6.04. The van der Waals surface area contributed by atoms with Crippen LogP contribution in [0.3, 0.4) is 0 Å². The van der Waals surface area contributed by atoms with Gasteiger partial charge >= 0.3 is 0 Å². The van der Waals surface area contributed by atoms with Gasteiger partial charge in [-0.3, -0.25) is 0 Å². The largest absolute Gasteiger partial charge is 0.126 e. The zero-order valence-corrected chi connectivity index (χ0v) is 9.16.